The van der Waals surface area contributed by atoms with E-state index < -0.39 is 7.12 Å². The number of hydrogen-bond acceptors (Lipinski definition) is 3. The van der Waals surface area contributed by atoms with E-state index in [2.05, 4.69) is 0 Å². The van der Waals surface area contributed by atoms with E-state index in [-0.39, 0.29) is 0 Å². The van der Waals surface area contributed by atoms with Crippen molar-refractivity contribution in [1.82, 2.24) is 0 Å². The van der Waals surface area contributed by atoms with Crippen molar-refractivity contribution < 1.29 is 15.2 Å². The summed E-state index contributed by atoms with van der Waals surface area (Å²) in [5.74, 6) is 0.322. The van der Waals surface area contributed by atoms with Crippen LogP contribution in [0.3, 0.4) is 0 Å². The van der Waals surface area contributed by atoms with Crippen molar-refractivity contribution >= 4 is 12.6 Å². The van der Waals surface area contributed by atoms with Crippen molar-refractivity contribution in [3.63, 3.8) is 0 Å². The highest BCUT2D eigenvalue weighted by Crippen LogP contribution is 2.02. The van der Waals surface area contributed by atoms with Gasteiger partial charge < -0.3 is 15.2 Å². The van der Waals surface area contributed by atoms with Gasteiger partial charge in [0.1, 0.15) is 5.75 Å². The summed E-state index contributed by atoms with van der Waals surface area (Å²) in [6.07, 6.45) is 0. The molecule has 0 bridgehead atoms. The highest BCUT2D eigenvalue weighted by molar-refractivity contribution is 6.58. The zero-order chi connectivity index (χ0) is 11.8. The van der Waals surface area contributed by atoms with Gasteiger partial charge in [0.15, 0.2) is 0 Å². The Bertz CT molecular complexity index is 390. The van der Waals surface area contributed by atoms with Gasteiger partial charge in [0.25, 0.3) is 0 Å². The van der Waals surface area contributed by atoms with Crippen LogP contribution >= 0.6 is 0 Å². The average Bonchev–Trinajstić information content (AvgIpc) is 2.32. The first kappa shape index (κ1) is 12.3. The van der Waals surface area contributed by atoms with E-state index in [1.54, 1.807) is 48.5 Å². The van der Waals surface area contributed by atoms with Gasteiger partial charge in [-0.05, 0) is 17.6 Å². The van der Waals surface area contributed by atoms with Gasteiger partial charge in [-0.25, -0.2) is 0 Å². The van der Waals surface area contributed by atoms with Gasteiger partial charge in [0.2, 0.25) is 0 Å². The van der Waals surface area contributed by atoms with E-state index in [0.29, 0.717) is 11.2 Å². The molecule has 16 heavy (non-hydrogen) atoms. The molecule has 0 unspecified atom stereocenters. The van der Waals surface area contributed by atoms with Crippen LogP contribution in [0.4, 0.5) is 0 Å². The summed E-state index contributed by atoms with van der Waals surface area (Å²) < 4.78 is 0. The first-order valence-corrected chi connectivity index (χ1v) is 4.85. The Morgan fingerprint density at radius 2 is 1.12 bits per heavy atom. The van der Waals surface area contributed by atoms with Gasteiger partial charge in [-0.15, -0.1) is 0 Å². The molecule has 0 atom stereocenters. The van der Waals surface area contributed by atoms with Gasteiger partial charge in [-0.3, -0.25) is 0 Å². The zero-order valence-electron chi connectivity index (χ0n) is 8.69. The predicted octanol–water partition coefficient (Wildman–Crippen LogP) is 0.759. The number of aromatic hydroxyl groups is 1. The summed E-state index contributed by atoms with van der Waals surface area (Å²) in [6.45, 7) is 0. The third-order valence-corrected chi connectivity index (χ3v) is 1.85. The SMILES string of the molecule is OB(O)c1ccccc1.Oc1ccccc1. The molecule has 82 valence electrons. The van der Waals surface area contributed by atoms with Crippen LogP contribution in [0.25, 0.3) is 0 Å². The van der Waals surface area contributed by atoms with E-state index in [1.165, 1.54) is 0 Å². The van der Waals surface area contributed by atoms with Crippen LogP contribution in [-0.2, 0) is 0 Å². The Hall–Kier alpha value is -1.78. The Morgan fingerprint density at radius 1 is 0.688 bits per heavy atom. The molecular weight excluding hydrogens is 203 g/mol. The fraction of sp³-hybridized carbons (Fsp3) is 0. The molecule has 0 saturated heterocycles. The molecule has 0 spiro atoms. The normalized spacial score (nSPS) is 8.88. The van der Waals surface area contributed by atoms with E-state index in [4.69, 9.17) is 15.2 Å². The summed E-state index contributed by atoms with van der Waals surface area (Å²) in [7, 11) is -1.34. The van der Waals surface area contributed by atoms with Crippen LogP contribution in [0.5, 0.6) is 5.75 Å². The van der Waals surface area contributed by atoms with Crippen molar-refractivity contribution in [3.05, 3.63) is 60.7 Å². The second-order valence-corrected chi connectivity index (χ2v) is 3.12. The van der Waals surface area contributed by atoms with Crippen molar-refractivity contribution in [2.24, 2.45) is 0 Å². The highest BCUT2D eigenvalue weighted by atomic mass is 16.4. The molecule has 0 fully saturated rings. The summed E-state index contributed by atoms with van der Waals surface area (Å²) >= 11 is 0. The van der Waals surface area contributed by atoms with Crippen LogP contribution in [0.15, 0.2) is 60.7 Å². The second-order valence-electron chi connectivity index (χ2n) is 3.12. The fourth-order valence-corrected chi connectivity index (χ4v) is 1.05. The van der Waals surface area contributed by atoms with E-state index in [1.807, 2.05) is 12.1 Å². The monoisotopic (exact) mass is 216 g/mol. The molecule has 3 nitrogen and oxygen atoms in total. The highest BCUT2D eigenvalue weighted by Gasteiger charge is 2.07. The molecule has 2 aromatic rings. The molecular formula is C12H13BO3. The van der Waals surface area contributed by atoms with E-state index in [9.17, 15) is 0 Å². The number of hydrogen-bond donors (Lipinski definition) is 3. The van der Waals surface area contributed by atoms with Gasteiger partial charge >= 0.3 is 7.12 Å². The molecule has 0 amide bonds. The van der Waals surface area contributed by atoms with Crippen molar-refractivity contribution in [1.29, 1.82) is 0 Å². The molecule has 0 radical (unpaired) electrons. The van der Waals surface area contributed by atoms with Gasteiger partial charge in [0, 0.05) is 0 Å². The van der Waals surface area contributed by atoms with Crippen LogP contribution < -0.4 is 5.46 Å². The van der Waals surface area contributed by atoms with Gasteiger partial charge in [-0.2, -0.15) is 0 Å². The molecule has 0 saturated carbocycles. The Labute approximate surface area is 94.8 Å². The third-order valence-electron chi connectivity index (χ3n) is 1.85. The summed E-state index contributed by atoms with van der Waals surface area (Å²) in [5.41, 5.74) is 0.525. The molecule has 0 aliphatic rings. The van der Waals surface area contributed by atoms with Crippen LogP contribution in [0, 0.1) is 0 Å². The maximum atomic E-state index is 8.63. The molecule has 4 heteroatoms. The fourth-order valence-electron chi connectivity index (χ4n) is 1.05. The molecule has 0 aliphatic heterocycles. The molecule has 2 rings (SSSR count). The predicted molar refractivity (Wildman–Crippen MR) is 64.4 cm³/mol. The van der Waals surface area contributed by atoms with Gasteiger partial charge in [0.05, 0.1) is 0 Å². The van der Waals surface area contributed by atoms with Crippen molar-refractivity contribution in [3.8, 4) is 5.75 Å². The number of phenolic OH excluding ortho intramolecular Hbond substituents is 1. The largest absolute Gasteiger partial charge is 0.508 e. The molecule has 2 aromatic carbocycles. The van der Waals surface area contributed by atoms with Crippen LogP contribution in [0.1, 0.15) is 0 Å². The maximum Gasteiger partial charge on any atom is 0.488 e. The zero-order valence-corrected chi connectivity index (χ0v) is 8.69. The lowest BCUT2D eigenvalue weighted by atomic mass is 9.81. The minimum atomic E-state index is -1.34. The van der Waals surface area contributed by atoms with Crippen molar-refractivity contribution in [2.75, 3.05) is 0 Å². The topological polar surface area (TPSA) is 60.7 Å². The summed E-state index contributed by atoms with van der Waals surface area (Å²) in [6, 6.07) is 17.4. The third kappa shape index (κ3) is 4.64. The van der Waals surface area contributed by atoms with E-state index >= 15 is 0 Å². The minimum Gasteiger partial charge on any atom is -0.508 e. The Kier molecular flexibility index (Phi) is 5.12. The van der Waals surface area contributed by atoms with Crippen LogP contribution in [0.2, 0.25) is 0 Å². The van der Waals surface area contributed by atoms with Gasteiger partial charge in [-0.1, -0.05) is 48.5 Å². The number of phenols is 1. The average molecular weight is 216 g/mol. The van der Waals surface area contributed by atoms with Crippen molar-refractivity contribution in [2.45, 2.75) is 0 Å². The lowest BCUT2D eigenvalue weighted by Gasteiger charge is -1.94. The first-order valence-electron chi connectivity index (χ1n) is 4.85. The number of para-hydroxylation sites is 1. The lowest BCUT2D eigenvalue weighted by molar-refractivity contribution is 0.426. The molecule has 0 aromatic heterocycles. The maximum absolute atomic E-state index is 8.63. The Morgan fingerprint density at radius 3 is 1.38 bits per heavy atom. The summed E-state index contributed by atoms with van der Waals surface area (Å²) in [4.78, 5) is 0. The number of rotatable bonds is 1. The molecule has 0 aliphatic carbocycles. The lowest BCUT2D eigenvalue weighted by Crippen LogP contribution is -2.29. The smallest absolute Gasteiger partial charge is 0.488 e. The Balaban J connectivity index is 0.000000165. The van der Waals surface area contributed by atoms with E-state index in [0.717, 1.165) is 0 Å². The standard InChI is InChI=1S/C6H7BO2.C6H6O/c8-7(9)6-4-2-1-3-5-6;7-6-4-2-1-3-5-6/h1-5,8-9H;1-5,7H. The molecule has 0 heterocycles. The minimum absolute atomic E-state index is 0.322. The summed E-state index contributed by atoms with van der Waals surface area (Å²) in [5, 5.41) is 25.8. The molecule has 3 N–H and O–H groups in total. The van der Waals surface area contributed by atoms with Crippen LogP contribution in [-0.4, -0.2) is 22.3 Å². The number of benzene rings is 2. The quantitative estimate of drug-likeness (QED) is 0.616. The second kappa shape index (κ2) is 6.66. The first-order chi connectivity index (χ1) is 7.70.